The third-order valence-corrected chi connectivity index (χ3v) is 3.14. The summed E-state index contributed by atoms with van der Waals surface area (Å²) in [5.41, 5.74) is 6.54. The van der Waals surface area contributed by atoms with Crippen LogP contribution in [-0.4, -0.2) is 31.3 Å². The molecule has 1 rings (SSSR count). The van der Waals surface area contributed by atoms with Crippen LogP contribution >= 0.6 is 0 Å². The molecule has 0 amide bonds. The fraction of sp³-hybridized carbons (Fsp3) is 0.769. The molecule has 0 bridgehead atoms. The van der Waals surface area contributed by atoms with E-state index in [1.165, 1.54) is 7.11 Å². The lowest BCUT2D eigenvalue weighted by atomic mass is 9.93. The highest BCUT2D eigenvalue weighted by Gasteiger charge is 2.26. The molecule has 0 aromatic carbocycles. The fourth-order valence-electron chi connectivity index (χ4n) is 2.17. The molecule has 0 radical (unpaired) electrons. The van der Waals surface area contributed by atoms with Crippen molar-refractivity contribution < 1.29 is 14.3 Å². The van der Waals surface area contributed by atoms with E-state index in [1.54, 1.807) is 6.08 Å². The number of esters is 1. The molecule has 0 saturated carbocycles. The standard InChI is InChI=1S/C13H23NO3/c1-4-11(5-2)17-12-7-9(13(15)16-3)6-10(14)8-12/h6,10-12H,4-5,7-8,14H2,1-3H3. The summed E-state index contributed by atoms with van der Waals surface area (Å²) in [7, 11) is 1.39. The summed E-state index contributed by atoms with van der Waals surface area (Å²) in [5.74, 6) is -0.293. The molecule has 98 valence electrons. The molecule has 0 saturated heterocycles. The minimum atomic E-state index is -0.293. The maximum absolute atomic E-state index is 11.5. The van der Waals surface area contributed by atoms with Gasteiger partial charge in [0, 0.05) is 18.0 Å². The van der Waals surface area contributed by atoms with Crippen molar-refractivity contribution in [2.24, 2.45) is 5.73 Å². The molecular formula is C13H23NO3. The summed E-state index contributed by atoms with van der Waals surface area (Å²) < 4.78 is 10.7. The first-order chi connectivity index (χ1) is 8.10. The Bertz CT molecular complexity index is 284. The van der Waals surface area contributed by atoms with Crippen LogP contribution < -0.4 is 5.73 Å². The minimum absolute atomic E-state index is 0.0361. The second-order valence-corrected chi connectivity index (χ2v) is 4.48. The van der Waals surface area contributed by atoms with Crippen LogP contribution in [-0.2, 0) is 14.3 Å². The molecule has 0 aromatic rings. The van der Waals surface area contributed by atoms with Gasteiger partial charge in [-0.05, 0) is 19.3 Å². The van der Waals surface area contributed by atoms with Gasteiger partial charge in [-0.3, -0.25) is 0 Å². The van der Waals surface area contributed by atoms with Gasteiger partial charge in [-0.15, -0.1) is 0 Å². The van der Waals surface area contributed by atoms with Crippen LogP contribution in [0.15, 0.2) is 11.6 Å². The lowest BCUT2D eigenvalue weighted by Crippen LogP contribution is -2.34. The van der Waals surface area contributed by atoms with Gasteiger partial charge >= 0.3 is 5.97 Å². The highest BCUT2D eigenvalue weighted by atomic mass is 16.5. The Balaban J connectivity index is 2.61. The molecule has 0 heterocycles. The molecule has 2 unspecified atom stereocenters. The van der Waals surface area contributed by atoms with Crippen molar-refractivity contribution in [1.82, 2.24) is 0 Å². The highest BCUT2D eigenvalue weighted by Crippen LogP contribution is 2.23. The van der Waals surface area contributed by atoms with Gasteiger partial charge in [-0.2, -0.15) is 0 Å². The Morgan fingerprint density at radius 3 is 2.71 bits per heavy atom. The summed E-state index contributed by atoms with van der Waals surface area (Å²) in [6, 6.07) is -0.114. The van der Waals surface area contributed by atoms with E-state index in [0.29, 0.717) is 12.0 Å². The molecule has 0 aromatic heterocycles. The average molecular weight is 241 g/mol. The second-order valence-electron chi connectivity index (χ2n) is 4.48. The maximum atomic E-state index is 11.5. The van der Waals surface area contributed by atoms with E-state index in [0.717, 1.165) is 19.3 Å². The normalized spacial score (nSPS) is 24.6. The first-order valence-electron chi connectivity index (χ1n) is 6.30. The van der Waals surface area contributed by atoms with E-state index in [-0.39, 0.29) is 24.2 Å². The average Bonchev–Trinajstić information content (AvgIpc) is 2.34. The van der Waals surface area contributed by atoms with Gasteiger partial charge in [0.15, 0.2) is 0 Å². The number of carbonyl (C=O) groups is 1. The third kappa shape index (κ3) is 4.13. The van der Waals surface area contributed by atoms with Gasteiger partial charge in [0.1, 0.15) is 0 Å². The van der Waals surface area contributed by atoms with Gasteiger partial charge in [-0.1, -0.05) is 19.9 Å². The maximum Gasteiger partial charge on any atom is 0.333 e. The van der Waals surface area contributed by atoms with Gasteiger partial charge < -0.3 is 15.2 Å². The SMILES string of the molecule is CCC(CC)OC1CC(C(=O)OC)=CC(N)C1. The van der Waals surface area contributed by atoms with Crippen LogP contribution in [0.5, 0.6) is 0 Å². The summed E-state index contributed by atoms with van der Waals surface area (Å²) in [4.78, 5) is 11.5. The van der Waals surface area contributed by atoms with Crippen molar-refractivity contribution in [3.05, 3.63) is 11.6 Å². The minimum Gasteiger partial charge on any atom is -0.466 e. The molecule has 2 atom stereocenters. The number of carbonyl (C=O) groups excluding carboxylic acids is 1. The quantitative estimate of drug-likeness (QED) is 0.745. The van der Waals surface area contributed by atoms with Crippen LogP contribution in [0.25, 0.3) is 0 Å². The van der Waals surface area contributed by atoms with Crippen molar-refractivity contribution in [3.63, 3.8) is 0 Å². The molecular weight excluding hydrogens is 218 g/mol. The first-order valence-corrected chi connectivity index (χ1v) is 6.30. The molecule has 4 heteroatoms. The second kappa shape index (κ2) is 6.77. The molecule has 1 aliphatic carbocycles. The zero-order valence-corrected chi connectivity index (χ0v) is 10.9. The van der Waals surface area contributed by atoms with Crippen molar-refractivity contribution in [2.75, 3.05) is 7.11 Å². The Morgan fingerprint density at radius 1 is 1.53 bits per heavy atom. The van der Waals surface area contributed by atoms with Crippen LogP contribution in [0.4, 0.5) is 0 Å². The zero-order valence-electron chi connectivity index (χ0n) is 10.9. The molecule has 0 aliphatic heterocycles. The summed E-state index contributed by atoms with van der Waals surface area (Å²) in [6.45, 7) is 4.21. The summed E-state index contributed by atoms with van der Waals surface area (Å²) in [6.07, 6.45) is 5.43. The van der Waals surface area contributed by atoms with Crippen molar-refractivity contribution in [2.45, 2.75) is 57.8 Å². The van der Waals surface area contributed by atoms with Crippen LogP contribution in [0.3, 0.4) is 0 Å². The van der Waals surface area contributed by atoms with E-state index in [9.17, 15) is 4.79 Å². The van der Waals surface area contributed by atoms with Gasteiger partial charge in [0.2, 0.25) is 0 Å². The highest BCUT2D eigenvalue weighted by molar-refractivity contribution is 5.88. The number of ether oxygens (including phenoxy) is 2. The number of methoxy groups -OCH3 is 1. The first kappa shape index (κ1) is 14.2. The third-order valence-electron chi connectivity index (χ3n) is 3.14. The predicted octanol–water partition coefficient (Wildman–Crippen LogP) is 1.78. The number of rotatable bonds is 5. The molecule has 0 fully saturated rings. The summed E-state index contributed by atoms with van der Waals surface area (Å²) >= 11 is 0. The van der Waals surface area contributed by atoms with Gasteiger partial charge in [0.05, 0.1) is 19.3 Å². The fourth-order valence-corrected chi connectivity index (χ4v) is 2.17. The Labute approximate surface area is 103 Å². The summed E-state index contributed by atoms with van der Waals surface area (Å²) in [5, 5.41) is 0. The van der Waals surface area contributed by atoms with E-state index in [2.05, 4.69) is 13.8 Å². The lowest BCUT2D eigenvalue weighted by molar-refractivity contribution is -0.137. The zero-order chi connectivity index (χ0) is 12.8. The van der Waals surface area contributed by atoms with Gasteiger partial charge in [0.25, 0.3) is 0 Å². The number of hydrogen-bond donors (Lipinski definition) is 1. The number of nitrogens with two attached hydrogens (primary N) is 1. The van der Waals surface area contributed by atoms with Crippen molar-refractivity contribution in [1.29, 1.82) is 0 Å². The largest absolute Gasteiger partial charge is 0.466 e. The van der Waals surface area contributed by atoms with E-state index >= 15 is 0 Å². The van der Waals surface area contributed by atoms with Crippen molar-refractivity contribution in [3.8, 4) is 0 Å². The lowest BCUT2D eigenvalue weighted by Gasteiger charge is -2.29. The Kier molecular flexibility index (Phi) is 5.65. The Hall–Kier alpha value is -0.870. The van der Waals surface area contributed by atoms with Crippen LogP contribution in [0.2, 0.25) is 0 Å². The monoisotopic (exact) mass is 241 g/mol. The van der Waals surface area contributed by atoms with Gasteiger partial charge in [-0.25, -0.2) is 4.79 Å². The topological polar surface area (TPSA) is 61.5 Å². The molecule has 17 heavy (non-hydrogen) atoms. The Morgan fingerprint density at radius 2 is 2.18 bits per heavy atom. The number of hydrogen-bond acceptors (Lipinski definition) is 4. The smallest absolute Gasteiger partial charge is 0.333 e. The van der Waals surface area contributed by atoms with E-state index in [4.69, 9.17) is 15.2 Å². The van der Waals surface area contributed by atoms with Crippen LogP contribution in [0.1, 0.15) is 39.5 Å². The van der Waals surface area contributed by atoms with Crippen molar-refractivity contribution >= 4 is 5.97 Å². The van der Waals surface area contributed by atoms with Crippen LogP contribution in [0, 0.1) is 0 Å². The molecule has 2 N–H and O–H groups in total. The predicted molar refractivity (Wildman–Crippen MR) is 66.6 cm³/mol. The molecule has 0 spiro atoms. The molecule has 4 nitrogen and oxygen atoms in total. The van der Waals surface area contributed by atoms with E-state index < -0.39 is 0 Å². The van der Waals surface area contributed by atoms with E-state index in [1.807, 2.05) is 0 Å². The molecule has 1 aliphatic rings.